The second-order valence-corrected chi connectivity index (χ2v) is 5.75. The SMILES string of the molecule is CSc1ncc(C(=O)NCc2ccncc2)n1-c1ccc(F)cc1. The summed E-state index contributed by atoms with van der Waals surface area (Å²) in [5.74, 6) is -0.572. The van der Waals surface area contributed by atoms with Crippen LogP contribution in [0.4, 0.5) is 4.39 Å². The molecule has 1 aromatic carbocycles. The number of carbonyl (C=O) groups is 1. The molecule has 5 nitrogen and oxygen atoms in total. The summed E-state index contributed by atoms with van der Waals surface area (Å²) in [6.07, 6.45) is 6.75. The first-order valence-corrected chi connectivity index (χ1v) is 8.46. The van der Waals surface area contributed by atoms with Crippen LogP contribution in [0.25, 0.3) is 5.69 Å². The average molecular weight is 342 g/mol. The Morgan fingerprint density at radius 3 is 2.58 bits per heavy atom. The fraction of sp³-hybridized carbons (Fsp3) is 0.118. The summed E-state index contributed by atoms with van der Waals surface area (Å²) in [5.41, 5.74) is 2.05. The first kappa shape index (κ1) is 16.2. The number of aromatic nitrogens is 3. The third kappa shape index (κ3) is 3.46. The molecule has 2 aromatic heterocycles. The van der Waals surface area contributed by atoms with Gasteiger partial charge in [0.25, 0.3) is 5.91 Å². The first-order chi connectivity index (χ1) is 11.7. The van der Waals surface area contributed by atoms with Gasteiger partial charge in [0, 0.05) is 24.6 Å². The number of imidazole rings is 1. The van der Waals surface area contributed by atoms with E-state index >= 15 is 0 Å². The molecule has 0 aliphatic carbocycles. The molecule has 0 atom stereocenters. The van der Waals surface area contributed by atoms with Crippen molar-refractivity contribution in [1.82, 2.24) is 19.9 Å². The van der Waals surface area contributed by atoms with Gasteiger partial charge < -0.3 is 5.32 Å². The van der Waals surface area contributed by atoms with Crippen molar-refractivity contribution in [2.75, 3.05) is 6.26 Å². The quantitative estimate of drug-likeness (QED) is 0.724. The summed E-state index contributed by atoms with van der Waals surface area (Å²) < 4.78 is 14.9. The molecule has 0 bridgehead atoms. The minimum Gasteiger partial charge on any atom is -0.347 e. The molecule has 7 heteroatoms. The van der Waals surface area contributed by atoms with Gasteiger partial charge in [0.05, 0.1) is 6.20 Å². The third-order valence-corrected chi connectivity index (χ3v) is 4.09. The Hall–Kier alpha value is -2.67. The second-order valence-electron chi connectivity index (χ2n) is 4.98. The molecule has 3 rings (SSSR count). The monoisotopic (exact) mass is 342 g/mol. The number of benzene rings is 1. The molecule has 0 spiro atoms. The van der Waals surface area contributed by atoms with E-state index in [9.17, 15) is 9.18 Å². The summed E-state index contributed by atoms with van der Waals surface area (Å²) >= 11 is 1.42. The molecule has 2 heterocycles. The highest BCUT2D eigenvalue weighted by molar-refractivity contribution is 7.98. The topological polar surface area (TPSA) is 59.8 Å². The lowest BCUT2D eigenvalue weighted by atomic mass is 10.2. The minimum absolute atomic E-state index is 0.246. The predicted molar refractivity (Wildman–Crippen MR) is 90.7 cm³/mol. The number of nitrogens with one attached hydrogen (secondary N) is 1. The van der Waals surface area contributed by atoms with Crippen molar-refractivity contribution in [2.24, 2.45) is 0 Å². The van der Waals surface area contributed by atoms with E-state index in [2.05, 4.69) is 15.3 Å². The number of carbonyl (C=O) groups excluding carboxylic acids is 1. The van der Waals surface area contributed by atoms with Crippen molar-refractivity contribution in [3.8, 4) is 5.69 Å². The molecule has 0 unspecified atom stereocenters. The van der Waals surface area contributed by atoms with Crippen molar-refractivity contribution in [2.45, 2.75) is 11.7 Å². The van der Waals surface area contributed by atoms with E-state index in [0.29, 0.717) is 23.1 Å². The maximum atomic E-state index is 13.2. The fourth-order valence-electron chi connectivity index (χ4n) is 2.25. The summed E-state index contributed by atoms with van der Waals surface area (Å²) in [4.78, 5) is 20.8. The van der Waals surface area contributed by atoms with Gasteiger partial charge in [0.1, 0.15) is 11.5 Å². The minimum atomic E-state index is -0.326. The second kappa shape index (κ2) is 7.27. The molecule has 0 fully saturated rings. The largest absolute Gasteiger partial charge is 0.347 e. The van der Waals surface area contributed by atoms with Crippen LogP contribution in [0.1, 0.15) is 16.1 Å². The Kier molecular flexibility index (Phi) is 4.90. The summed E-state index contributed by atoms with van der Waals surface area (Å²) in [6.45, 7) is 0.393. The van der Waals surface area contributed by atoms with Gasteiger partial charge in [0.2, 0.25) is 0 Å². The molecule has 0 radical (unpaired) electrons. The lowest BCUT2D eigenvalue weighted by molar-refractivity contribution is 0.0943. The smallest absolute Gasteiger partial charge is 0.270 e. The zero-order valence-corrected chi connectivity index (χ0v) is 13.8. The molecule has 3 aromatic rings. The van der Waals surface area contributed by atoms with Crippen molar-refractivity contribution in [3.05, 3.63) is 72.1 Å². The van der Waals surface area contributed by atoms with E-state index in [0.717, 1.165) is 5.56 Å². The molecule has 0 aliphatic rings. The number of thioether (sulfide) groups is 1. The molecule has 0 aliphatic heterocycles. The molecule has 1 N–H and O–H groups in total. The molecule has 0 saturated heterocycles. The van der Waals surface area contributed by atoms with Crippen LogP contribution >= 0.6 is 11.8 Å². The average Bonchev–Trinajstić information content (AvgIpc) is 3.05. The van der Waals surface area contributed by atoms with E-state index in [-0.39, 0.29) is 11.7 Å². The van der Waals surface area contributed by atoms with Crippen molar-refractivity contribution in [1.29, 1.82) is 0 Å². The highest BCUT2D eigenvalue weighted by atomic mass is 32.2. The third-order valence-electron chi connectivity index (χ3n) is 3.43. The molecule has 1 amide bonds. The lowest BCUT2D eigenvalue weighted by Gasteiger charge is -2.11. The Bertz CT molecular complexity index is 834. The molecule has 0 saturated carbocycles. The zero-order chi connectivity index (χ0) is 16.9. The number of hydrogen-bond acceptors (Lipinski definition) is 4. The Labute approximate surface area is 142 Å². The molecule has 24 heavy (non-hydrogen) atoms. The van der Waals surface area contributed by atoms with Crippen molar-refractivity contribution >= 4 is 17.7 Å². The standard InChI is InChI=1S/C17H15FN4OS/c1-24-17-21-11-15(22(17)14-4-2-13(18)3-5-14)16(23)20-10-12-6-8-19-9-7-12/h2-9,11H,10H2,1H3,(H,20,23). The molecular weight excluding hydrogens is 327 g/mol. The van der Waals surface area contributed by atoms with E-state index in [1.807, 2.05) is 18.4 Å². The van der Waals surface area contributed by atoms with E-state index < -0.39 is 0 Å². The first-order valence-electron chi connectivity index (χ1n) is 7.24. The van der Waals surface area contributed by atoms with Crippen molar-refractivity contribution < 1.29 is 9.18 Å². The summed E-state index contributed by atoms with van der Waals surface area (Å²) in [7, 11) is 0. The maximum Gasteiger partial charge on any atom is 0.270 e. The van der Waals surface area contributed by atoms with Crippen LogP contribution < -0.4 is 5.32 Å². The van der Waals surface area contributed by atoms with Crippen LogP contribution in [0.2, 0.25) is 0 Å². The number of rotatable bonds is 5. The fourth-order valence-corrected chi connectivity index (χ4v) is 2.80. The zero-order valence-electron chi connectivity index (χ0n) is 12.9. The van der Waals surface area contributed by atoms with Crippen LogP contribution in [0, 0.1) is 5.82 Å². The van der Waals surface area contributed by atoms with Gasteiger partial charge in [-0.2, -0.15) is 0 Å². The van der Waals surface area contributed by atoms with Crippen LogP contribution in [0.15, 0.2) is 60.1 Å². The van der Waals surface area contributed by atoms with Crippen LogP contribution in [0.3, 0.4) is 0 Å². The van der Waals surface area contributed by atoms with Crippen LogP contribution in [0.5, 0.6) is 0 Å². The Balaban J connectivity index is 1.86. The van der Waals surface area contributed by atoms with Gasteiger partial charge in [-0.3, -0.25) is 14.3 Å². The van der Waals surface area contributed by atoms with Gasteiger partial charge >= 0.3 is 0 Å². The highest BCUT2D eigenvalue weighted by Gasteiger charge is 2.17. The van der Waals surface area contributed by atoms with Gasteiger partial charge in [-0.25, -0.2) is 9.37 Å². The lowest BCUT2D eigenvalue weighted by Crippen LogP contribution is -2.25. The maximum absolute atomic E-state index is 13.2. The van der Waals surface area contributed by atoms with Crippen LogP contribution in [-0.4, -0.2) is 26.7 Å². The van der Waals surface area contributed by atoms with Gasteiger partial charge in [0.15, 0.2) is 5.16 Å². The number of amides is 1. The number of halogens is 1. The molecule has 122 valence electrons. The normalized spacial score (nSPS) is 10.6. The van der Waals surface area contributed by atoms with E-state index in [4.69, 9.17) is 0 Å². The van der Waals surface area contributed by atoms with Gasteiger partial charge in [-0.05, 0) is 48.2 Å². The van der Waals surface area contributed by atoms with E-state index in [1.165, 1.54) is 30.1 Å². The molecular formula is C17H15FN4OS. The van der Waals surface area contributed by atoms with Gasteiger partial charge in [-0.15, -0.1) is 0 Å². The predicted octanol–water partition coefficient (Wildman–Crippen LogP) is 3.06. The number of hydrogen-bond donors (Lipinski definition) is 1. The summed E-state index contributed by atoms with van der Waals surface area (Å²) in [6, 6.07) is 9.64. The van der Waals surface area contributed by atoms with Crippen LogP contribution in [-0.2, 0) is 6.54 Å². The van der Waals surface area contributed by atoms with Gasteiger partial charge in [-0.1, -0.05) is 11.8 Å². The number of pyridine rings is 1. The highest BCUT2D eigenvalue weighted by Crippen LogP contribution is 2.22. The number of nitrogens with zero attached hydrogens (tertiary/aromatic N) is 3. The Morgan fingerprint density at radius 1 is 1.21 bits per heavy atom. The van der Waals surface area contributed by atoms with Crippen molar-refractivity contribution in [3.63, 3.8) is 0 Å². The Morgan fingerprint density at radius 2 is 1.92 bits per heavy atom. The summed E-state index contributed by atoms with van der Waals surface area (Å²) in [5, 5.41) is 3.53. The van der Waals surface area contributed by atoms with E-state index in [1.54, 1.807) is 29.1 Å².